The quantitative estimate of drug-likeness (QED) is 0.779. The molecule has 0 spiro atoms. The summed E-state index contributed by atoms with van der Waals surface area (Å²) in [7, 11) is 3.40. The van der Waals surface area contributed by atoms with E-state index in [9.17, 15) is 4.79 Å². The summed E-state index contributed by atoms with van der Waals surface area (Å²) in [6, 6.07) is 8.17. The first-order chi connectivity index (χ1) is 7.61. The van der Waals surface area contributed by atoms with E-state index in [2.05, 4.69) is 37.7 Å². The Labute approximate surface area is 105 Å². The van der Waals surface area contributed by atoms with Gasteiger partial charge in [0.1, 0.15) is 0 Å². The number of rotatable bonds is 5. The van der Waals surface area contributed by atoms with Gasteiger partial charge in [-0.3, -0.25) is 4.79 Å². The van der Waals surface area contributed by atoms with Crippen molar-refractivity contribution in [3.05, 3.63) is 34.3 Å². The van der Waals surface area contributed by atoms with Crippen LogP contribution in [0.15, 0.2) is 28.7 Å². The summed E-state index contributed by atoms with van der Waals surface area (Å²) in [5, 5.41) is 0. The van der Waals surface area contributed by atoms with Crippen LogP contribution >= 0.6 is 15.9 Å². The lowest BCUT2D eigenvalue weighted by Gasteiger charge is -2.15. The van der Waals surface area contributed by atoms with Gasteiger partial charge in [0.25, 0.3) is 0 Å². The maximum absolute atomic E-state index is 11.0. The molecule has 0 N–H and O–H groups in total. The van der Waals surface area contributed by atoms with E-state index in [0.29, 0.717) is 13.0 Å². The third-order valence-corrected chi connectivity index (χ3v) is 2.82. The monoisotopic (exact) mass is 285 g/mol. The van der Waals surface area contributed by atoms with Crippen LogP contribution in [0.5, 0.6) is 0 Å². The highest BCUT2D eigenvalue weighted by molar-refractivity contribution is 9.10. The van der Waals surface area contributed by atoms with E-state index in [0.717, 1.165) is 11.0 Å². The Morgan fingerprint density at radius 2 is 2.00 bits per heavy atom. The molecule has 0 unspecified atom stereocenters. The summed E-state index contributed by atoms with van der Waals surface area (Å²) in [5.74, 6) is -0.164. The second-order valence-electron chi connectivity index (χ2n) is 3.69. The van der Waals surface area contributed by atoms with Gasteiger partial charge >= 0.3 is 5.97 Å². The number of halogens is 1. The van der Waals surface area contributed by atoms with Gasteiger partial charge < -0.3 is 9.64 Å². The summed E-state index contributed by atoms with van der Waals surface area (Å²) in [4.78, 5) is 13.1. The minimum Gasteiger partial charge on any atom is -0.469 e. The molecule has 0 atom stereocenters. The average molecular weight is 286 g/mol. The Hall–Kier alpha value is -0.870. The SMILES string of the molecule is COC(=O)CCN(C)Cc1ccc(Br)cc1. The van der Waals surface area contributed by atoms with Crippen molar-refractivity contribution in [2.75, 3.05) is 20.7 Å². The molecule has 0 radical (unpaired) electrons. The van der Waals surface area contributed by atoms with Crippen molar-refractivity contribution in [2.45, 2.75) is 13.0 Å². The van der Waals surface area contributed by atoms with Gasteiger partial charge in [0, 0.05) is 17.6 Å². The largest absolute Gasteiger partial charge is 0.469 e. The minimum absolute atomic E-state index is 0.164. The van der Waals surface area contributed by atoms with Gasteiger partial charge in [0.05, 0.1) is 13.5 Å². The molecule has 0 aliphatic carbocycles. The highest BCUT2D eigenvalue weighted by atomic mass is 79.9. The third-order valence-electron chi connectivity index (χ3n) is 2.29. The molecular formula is C12H16BrNO2. The Balaban J connectivity index is 2.36. The fourth-order valence-electron chi connectivity index (χ4n) is 1.36. The van der Waals surface area contributed by atoms with Crippen LogP contribution in [0.1, 0.15) is 12.0 Å². The van der Waals surface area contributed by atoms with Crippen LogP contribution < -0.4 is 0 Å². The van der Waals surface area contributed by atoms with Crippen molar-refractivity contribution in [1.29, 1.82) is 0 Å². The Morgan fingerprint density at radius 1 is 1.38 bits per heavy atom. The minimum atomic E-state index is -0.164. The van der Waals surface area contributed by atoms with Crippen molar-refractivity contribution in [2.24, 2.45) is 0 Å². The summed E-state index contributed by atoms with van der Waals surface area (Å²) < 4.78 is 5.67. The predicted molar refractivity (Wildman–Crippen MR) is 67.1 cm³/mol. The fraction of sp³-hybridized carbons (Fsp3) is 0.417. The number of nitrogens with zero attached hydrogens (tertiary/aromatic N) is 1. The maximum Gasteiger partial charge on any atom is 0.306 e. The molecule has 0 bridgehead atoms. The van der Waals surface area contributed by atoms with Crippen molar-refractivity contribution in [3.8, 4) is 0 Å². The second-order valence-corrected chi connectivity index (χ2v) is 4.61. The van der Waals surface area contributed by atoms with Crippen molar-refractivity contribution >= 4 is 21.9 Å². The van der Waals surface area contributed by atoms with E-state index >= 15 is 0 Å². The van der Waals surface area contributed by atoms with Gasteiger partial charge in [-0.05, 0) is 24.7 Å². The maximum atomic E-state index is 11.0. The molecule has 0 amide bonds. The van der Waals surface area contributed by atoms with E-state index in [1.165, 1.54) is 12.7 Å². The number of benzene rings is 1. The fourth-order valence-corrected chi connectivity index (χ4v) is 1.63. The third kappa shape index (κ3) is 4.77. The van der Waals surface area contributed by atoms with Crippen LogP contribution in [0.3, 0.4) is 0 Å². The first-order valence-electron chi connectivity index (χ1n) is 5.11. The molecular weight excluding hydrogens is 270 g/mol. The number of carbonyl (C=O) groups is 1. The van der Waals surface area contributed by atoms with Gasteiger partial charge in [-0.15, -0.1) is 0 Å². The molecule has 0 saturated carbocycles. The summed E-state index contributed by atoms with van der Waals surface area (Å²) in [6.07, 6.45) is 0.434. The van der Waals surface area contributed by atoms with Crippen LogP contribution in [0.4, 0.5) is 0 Å². The highest BCUT2D eigenvalue weighted by Crippen LogP contribution is 2.11. The number of hydrogen-bond donors (Lipinski definition) is 0. The van der Waals surface area contributed by atoms with Crippen LogP contribution in [0.2, 0.25) is 0 Å². The number of esters is 1. The van der Waals surface area contributed by atoms with E-state index in [1.807, 2.05) is 19.2 Å². The zero-order chi connectivity index (χ0) is 12.0. The molecule has 0 fully saturated rings. The van der Waals surface area contributed by atoms with Crippen LogP contribution in [0.25, 0.3) is 0 Å². The first kappa shape index (κ1) is 13.2. The second kappa shape index (κ2) is 6.66. The molecule has 0 aliphatic rings. The Bertz CT molecular complexity index is 337. The van der Waals surface area contributed by atoms with E-state index in [-0.39, 0.29) is 5.97 Å². The molecule has 88 valence electrons. The van der Waals surface area contributed by atoms with Crippen LogP contribution in [0, 0.1) is 0 Å². The van der Waals surface area contributed by atoms with Gasteiger partial charge in [0.15, 0.2) is 0 Å². The Kier molecular flexibility index (Phi) is 5.49. The van der Waals surface area contributed by atoms with Crippen molar-refractivity contribution in [1.82, 2.24) is 4.90 Å². The number of methoxy groups -OCH3 is 1. The van der Waals surface area contributed by atoms with Gasteiger partial charge in [-0.25, -0.2) is 0 Å². The smallest absolute Gasteiger partial charge is 0.306 e. The molecule has 0 heterocycles. The lowest BCUT2D eigenvalue weighted by atomic mass is 10.2. The van der Waals surface area contributed by atoms with Crippen LogP contribution in [-0.2, 0) is 16.1 Å². The average Bonchev–Trinajstić information content (AvgIpc) is 2.29. The lowest BCUT2D eigenvalue weighted by Crippen LogP contribution is -2.21. The predicted octanol–water partition coefficient (Wildman–Crippen LogP) is 2.44. The summed E-state index contributed by atoms with van der Waals surface area (Å²) in [5.41, 5.74) is 1.23. The van der Waals surface area contributed by atoms with Crippen molar-refractivity contribution in [3.63, 3.8) is 0 Å². The van der Waals surface area contributed by atoms with Gasteiger partial charge in [-0.2, -0.15) is 0 Å². The topological polar surface area (TPSA) is 29.5 Å². The number of carbonyl (C=O) groups excluding carboxylic acids is 1. The molecule has 1 aromatic rings. The van der Waals surface area contributed by atoms with E-state index < -0.39 is 0 Å². The van der Waals surface area contributed by atoms with Gasteiger partial charge in [0.2, 0.25) is 0 Å². The summed E-state index contributed by atoms with van der Waals surface area (Å²) >= 11 is 3.40. The molecule has 0 aliphatic heterocycles. The highest BCUT2D eigenvalue weighted by Gasteiger charge is 2.04. The zero-order valence-corrected chi connectivity index (χ0v) is 11.2. The van der Waals surface area contributed by atoms with Gasteiger partial charge in [-0.1, -0.05) is 28.1 Å². The Morgan fingerprint density at radius 3 is 2.56 bits per heavy atom. The number of ether oxygens (including phenoxy) is 1. The molecule has 1 aromatic carbocycles. The number of hydrogen-bond acceptors (Lipinski definition) is 3. The van der Waals surface area contributed by atoms with Crippen molar-refractivity contribution < 1.29 is 9.53 Å². The first-order valence-corrected chi connectivity index (χ1v) is 5.91. The standard InChI is InChI=1S/C12H16BrNO2/c1-14(8-7-12(15)16-2)9-10-3-5-11(13)6-4-10/h3-6H,7-9H2,1-2H3. The molecule has 3 nitrogen and oxygen atoms in total. The molecule has 16 heavy (non-hydrogen) atoms. The summed E-state index contributed by atoms with van der Waals surface area (Å²) in [6.45, 7) is 1.55. The van der Waals surface area contributed by atoms with E-state index in [1.54, 1.807) is 0 Å². The lowest BCUT2D eigenvalue weighted by molar-refractivity contribution is -0.140. The van der Waals surface area contributed by atoms with E-state index in [4.69, 9.17) is 0 Å². The molecule has 0 aromatic heterocycles. The molecule has 4 heteroatoms. The molecule has 0 saturated heterocycles. The van der Waals surface area contributed by atoms with Crippen LogP contribution in [-0.4, -0.2) is 31.6 Å². The molecule has 1 rings (SSSR count). The normalized spacial score (nSPS) is 10.5. The zero-order valence-electron chi connectivity index (χ0n) is 9.57.